The molecular formula is C11H13ClN4O. The van der Waals surface area contributed by atoms with Crippen LogP contribution in [0.1, 0.15) is 12.6 Å². The smallest absolute Gasteiger partial charge is 0.256 e. The highest BCUT2D eigenvalue weighted by Crippen LogP contribution is 2.20. The van der Waals surface area contributed by atoms with Crippen molar-refractivity contribution in [3.8, 4) is 0 Å². The van der Waals surface area contributed by atoms with E-state index < -0.39 is 0 Å². The van der Waals surface area contributed by atoms with Crippen LogP contribution < -0.4 is 4.90 Å². The van der Waals surface area contributed by atoms with Gasteiger partial charge >= 0.3 is 0 Å². The molecule has 1 atom stereocenters. The maximum absolute atomic E-state index is 6.85. The zero-order valence-corrected chi connectivity index (χ0v) is 10.3. The van der Waals surface area contributed by atoms with Gasteiger partial charge < -0.3 is 14.5 Å². The minimum atomic E-state index is 0.194. The monoisotopic (exact) mass is 252 g/mol. The van der Waals surface area contributed by atoms with Crippen LogP contribution in [0.25, 0.3) is 4.85 Å². The number of aromatic nitrogens is 2. The summed E-state index contributed by atoms with van der Waals surface area (Å²) < 4.78 is 5.37. The molecule has 1 saturated heterocycles. The molecule has 0 spiro atoms. The maximum atomic E-state index is 6.85. The first kappa shape index (κ1) is 12.1. The van der Waals surface area contributed by atoms with Gasteiger partial charge in [-0.1, -0.05) is 0 Å². The Labute approximate surface area is 105 Å². The Morgan fingerprint density at radius 3 is 3.18 bits per heavy atom. The van der Waals surface area contributed by atoms with Crippen molar-refractivity contribution < 1.29 is 4.74 Å². The molecule has 0 N–H and O–H groups in total. The van der Waals surface area contributed by atoms with E-state index in [0.29, 0.717) is 18.9 Å². The quantitative estimate of drug-likeness (QED) is 0.594. The van der Waals surface area contributed by atoms with Crippen molar-refractivity contribution in [2.75, 3.05) is 24.7 Å². The third-order valence-electron chi connectivity index (χ3n) is 2.64. The number of anilines is 1. The summed E-state index contributed by atoms with van der Waals surface area (Å²) in [6.45, 7) is 11.3. The molecule has 1 aromatic rings. The van der Waals surface area contributed by atoms with Crippen LogP contribution in [0.15, 0.2) is 6.07 Å². The normalized spacial score (nSPS) is 20.1. The van der Waals surface area contributed by atoms with Crippen LogP contribution in [0.3, 0.4) is 0 Å². The van der Waals surface area contributed by atoms with Gasteiger partial charge in [0, 0.05) is 12.6 Å². The minimum Gasteiger partial charge on any atom is -0.377 e. The molecule has 1 aliphatic rings. The number of morpholine rings is 1. The summed E-state index contributed by atoms with van der Waals surface area (Å²) in [5.74, 6) is 0.777. The van der Waals surface area contributed by atoms with Gasteiger partial charge in [0.05, 0.1) is 19.3 Å². The predicted molar refractivity (Wildman–Crippen MR) is 65.0 cm³/mol. The van der Waals surface area contributed by atoms with E-state index >= 15 is 0 Å². The number of hydrogen-bond donors (Lipinski definition) is 0. The van der Waals surface area contributed by atoms with E-state index in [1.54, 1.807) is 0 Å². The zero-order chi connectivity index (χ0) is 12.3. The van der Waals surface area contributed by atoms with E-state index in [1.807, 2.05) is 6.07 Å². The van der Waals surface area contributed by atoms with Crippen molar-refractivity contribution in [3.63, 3.8) is 0 Å². The van der Waals surface area contributed by atoms with Crippen LogP contribution in [-0.4, -0.2) is 35.8 Å². The molecule has 90 valence electrons. The number of hydrogen-bond acceptors (Lipinski definition) is 4. The average molecular weight is 253 g/mol. The van der Waals surface area contributed by atoms with Crippen LogP contribution in [0, 0.1) is 6.57 Å². The Bertz CT molecular complexity index is 446. The van der Waals surface area contributed by atoms with Gasteiger partial charge in [-0.05, 0) is 18.5 Å². The van der Waals surface area contributed by atoms with Gasteiger partial charge in [-0.25, -0.2) is 16.5 Å². The van der Waals surface area contributed by atoms with Gasteiger partial charge in [0.15, 0.2) is 0 Å². The molecule has 2 heterocycles. The standard InChI is InChI=1S/C11H13ClN4O/c1-8-7-17-4-3-16(8)10-5-9(6-13-2)14-11(12)15-10/h5,8H,3-4,6-7H2,1H3/t8-/m1/s1. The fourth-order valence-electron chi connectivity index (χ4n) is 1.83. The van der Waals surface area contributed by atoms with Crippen LogP contribution in [0.2, 0.25) is 5.28 Å². The first-order chi connectivity index (χ1) is 8.20. The first-order valence-corrected chi connectivity index (χ1v) is 5.79. The van der Waals surface area contributed by atoms with E-state index in [1.165, 1.54) is 0 Å². The SMILES string of the molecule is [C-]#[N+]Cc1cc(N2CCOC[C@H]2C)nc(Cl)n1. The van der Waals surface area contributed by atoms with E-state index in [9.17, 15) is 0 Å². The second-order valence-corrected chi connectivity index (χ2v) is 4.26. The van der Waals surface area contributed by atoms with Crippen LogP contribution in [0.4, 0.5) is 5.82 Å². The van der Waals surface area contributed by atoms with Gasteiger partial charge in [0.2, 0.25) is 5.28 Å². The Hall–Kier alpha value is -1.38. The van der Waals surface area contributed by atoms with Gasteiger partial charge in [-0.15, -0.1) is 0 Å². The summed E-state index contributed by atoms with van der Waals surface area (Å²) >= 11 is 5.87. The molecule has 0 aliphatic carbocycles. The fourth-order valence-corrected chi connectivity index (χ4v) is 2.02. The Morgan fingerprint density at radius 1 is 1.65 bits per heavy atom. The highest BCUT2D eigenvalue weighted by Gasteiger charge is 2.21. The molecule has 1 fully saturated rings. The second kappa shape index (κ2) is 5.30. The van der Waals surface area contributed by atoms with Crippen LogP contribution >= 0.6 is 11.6 Å². The van der Waals surface area contributed by atoms with E-state index in [0.717, 1.165) is 12.4 Å². The molecule has 1 aromatic heterocycles. The minimum absolute atomic E-state index is 0.194. The lowest BCUT2D eigenvalue weighted by Crippen LogP contribution is -2.44. The lowest BCUT2D eigenvalue weighted by atomic mass is 10.2. The highest BCUT2D eigenvalue weighted by molar-refractivity contribution is 6.28. The lowest BCUT2D eigenvalue weighted by molar-refractivity contribution is 0.0985. The molecule has 1 aliphatic heterocycles. The number of ether oxygens (including phenoxy) is 1. The van der Waals surface area contributed by atoms with Crippen molar-refractivity contribution in [1.29, 1.82) is 0 Å². The van der Waals surface area contributed by atoms with Crippen molar-refractivity contribution in [1.82, 2.24) is 9.97 Å². The molecule has 0 bridgehead atoms. The van der Waals surface area contributed by atoms with Crippen molar-refractivity contribution in [2.45, 2.75) is 19.5 Å². The zero-order valence-electron chi connectivity index (χ0n) is 9.56. The third-order valence-corrected chi connectivity index (χ3v) is 2.81. The molecular weight excluding hydrogens is 240 g/mol. The first-order valence-electron chi connectivity index (χ1n) is 5.42. The lowest BCUT2D eigenvalue weighted by Gasteiger charge is -2.34. The highest BCUT2D eigenvalue weighted by atomic mass is 35.5. The molecule has 6 heteroatoms. The van der Waals surface area contributed by atoms with Crippen molar-refractivity contribution in [2.24, 2.45) is 0 Å². The Kier molecular flexibility index (Phi) is 3.77. The molecule has 0 saturated carbocycles. The average Bonchev–Trinajstić information content (AvgIpc) is 2.29. The number of rotatable bonds is 2. The molecule has 0 radical (unpaired) electrons. The largest absolute Gasteiger partial charge is 0.377 e. The van der Waals surface area contributed by atoms with E-state index in [4.69, 9.17) is 22.9 Å². The van der Waals surface area contributed by atoms with Crippen molar-refractivity contribution >= 4 is 17.4 Å². The predicted octanol–water partition coefficient (Wildman–Crippen LogP) is 1.77. The topological polar surface area (TPSA) is 42.6 Å². The summed E-state index contributed by atoms with van der Waals surface area (Å²) in [6, 6.07) is 2.08. The summed E-state index contributed by atoms with van der Waals surface area (Å²) in [5, 5.41) is 0.194. The summed E-state index contributed by atoms with van der Waals surface area (Å²) in [7, 11) is 0. The van der Waals surface area contributed by atoms with Crippen LogP contribution in [-0.2, 0) is 11.3 Å². The molecule has 0 unspecified atom stereocenters. The second-order valence-electron chi connectivity index (χ2n) is 3.92. The van der Waals surface area contributed by atoms with Gasteiger partial charge in [-0.2, -0.15) is 0 Å². The van der Waals surface area contributed by atoms with Gasteiger partial charge in [-0.3, -0.25) is 0 Å². The molecule has 2 rings (SSSR count). The summed E-state index contributed by atoms with van der Waals surface area (Å²) in [4.78, 5) is 13.7. The van der Waals surface area contributed by atoms with E-state index in [2.05, 4.69) is 26.6 Å². The summed E-state index contributed by atoms with van der Waals surface area (Å²) in [6.07, 6.45) is 0. The van der Waals surface area contributed by atoms with Gasteiger partial charge in [0.1, 0.15) is 11.5 Å². The van der Waals surface area contributed by atoms with Gasteiger partial charge in [0.25, 0.3) is 6.54 Å². The third kappa shape index (κ3) is 2.84. The molecule has 0 amide bonds. The Balaban J connectivity index is 2.27. The van der Waals surface area contributed by atoms with Crippen LogP contribution in [0.5, 0.6) is 0 Å². The van der Waals surface area contributed by atoms with E-state index in [-0.39, 0.29) is 17.9 Å². The maximum Gasteiger partial charge on any atom is 0.256 e. The summed E-state index contributed by atoms with van der Waals surface area (Å²) in [5.41, 5.74) is 0.661. The molecule has 0 aromatic carbocycles. The number of nitrogens with zero attached hydrogens (tertiary/aromatic N) is 4. The molecule has 17 heavy (non-hydrogen) atoms. The molecule has 5 nitrogen and oxygen atoms in total. The number of halogens is 1. The fraction of sp³-hybridized carbons (Fsp3) is 0.545. The van der Waals surface area contributed by atoms with Crippen molar-refractivity contribution in [3.05, 3.63) is 28.5 Å². The Morgan fingerprint density at radius 2 is 2.47 bits per heavy atom.